The zero-order chi connectivity index (χ0) is 17.0. The maximum atomic E-state index is 12.4. The minimum Gasteiger partial charge on any atom is -0.386 e. The lowest BCUT2D eigenvalue weighted by molar-refractivity contribution is -0.000599. The Morgan fingerprint density at radius 2 is 1.83 bits per heavy atom. The van der Waals surface area contributed by atoms with Gasteiger partial charge in [-0.2, -0.15) is 0 Å². The second kappa shape index (κ2) is 6.88. The summed E-state index contributed by atoms with van der Waals surface area (Å²) in [5.41, 5.74) is -1.02. The van der Waals surface area contributed by atoms with Crippen LogP contribution in [0, 0.1) is 0 Å². The van der Waals surface area contributed by atoms with Gasteiger partial charge in [0.25, 0.3) is 5.91 Å². The van der Waals surface area contributed by atoms with Crippen molar-refractivity contribution < 1.29 is 9.90 Å². The molecule has 126 valence electrons. The van der Waals surface area contributed by atoms with Crippen LogP contribution in [0.5, 0.6) is 0 Å². The maximum Gasteiger partial charge on any atom is 0.291 e. The summed E-state index contributed by atoms with van der Waals surface area (Å²) < 4.78 is 0. The summed E-state index contributed by atoms with van der Waals surface area (Å²) in [6.07, 6.45) is 7.83. The van der Waals surface area contributed by atoms with E-state index in [9.17, 15) is 9.90 Å². The highest BCUT2D eigenvalue weighted by atomic mass is 16.3. The molecule has 2 aromatic rings. The molecule has 0 saturated carbocycles. The SMILES string of the molecule is CN(C[C@@]1(O)CCCN(c2ncccn2)C1)C(=O)c1ncccn1. The van der Waals surface area contributed by atoms with Crippen LogP contribution >= 0.6 is 0 Å². The molecule has 8 heteroatoms. The number of hydrogen-bond donors (Lipinski definition) is 1. The highest BCUT2D eigenvalue weighted by Gasteiger charge is 2.36. The van der Waals surface area contributed by atoms with Crippen LogP contribution in [0.3, 0.4) is 0 Å². The van der Waals surface area contributed by atoms with Crippen LogP contribution in [0.1, 0.15) is 23.5 Å². The van der Waals surface area contributed by atoms with Crippen molar-refractivity contribution in [3.8, 4) is 0 Å². The van der Waals surface area contributed by atoms with Crippen molar-refractivity contribution in [2.75, 3.05) is 31.6 Å². The molecule has 24 heavy (non-hydrogen) atoms. The molecule has 0 aromatic carbocycles. The van der Waals surface area contributed by atoms with Gasteiger partial charge in [-0.25, -0.2) is 19.9 Å². The largest absolute Gasteiger partial charge is 0.386 e. The van der Waals surface area contributed by atoms with Crippen molar-refractivity contribution >= 4 is 11.9 Å². The number of nitrogens with zero attached hydrogens (tertiary/aromatic N) is 6. The highest BCUT2D eigenvalue weighted by molar-refractivity contribution is 5.90. The van der Waals surface area contributed by atoms with E-state index in [0.717, 1.165) is 13.0 Å². The minimum atomic E-state index is -1.02. The predicted octanol–water partition coefficient (Wildman–Crippen LogP) is 0.370. The molecule has 1 atom stereocenters. The Balaban J connectivity index is 1.68. The number of amides is 1. The third-order valence-corrected chi connectivity index (χ3v) is 4.03. The van der Waals surface area contributed by atoms with Gasteiger partial charge in [0.05, 0.1) is 18.7 Å². The summed E-state index contributed by atoms with van der Waals surface area (Å²) >= 11 is 0. The van der Waals surface area contributed by atoms with Crippen LogP contribution < -0.4 is 4.90 Å². The van der Waals surface area contributed by atoms with Crippen LogP contribution in [0.4, 0.5) is 5.95 Å². The van der Waals surface area contributed by atoms with Crippen molar-refractivity contribution in [1.82, 2.24) is 24.8 Å². The standard InChI is InChI=1S/C16H20N6O2/c1-21(14(23)13-17-6-3-7-18-13)11-16(24)5-2-10-22(12-16)15-19-8-4-9-20-15/h3-4,6-9,24H,2,5,10-12H2,1H3/t16-/m0/s1. The molecule has 1 N–H and O–H groups in total. The van der Waals surface area contributed by atoms with Crippen LogP contribution in [0.25, 0.3) is 0 Å². The lowest BCUT2D eigenvalue weighted by atomic mass is 9.92. The lowest BCUT2D eigenvalue weighted by Gasteiger charge is -2.40. The topological polar surface area (TPSA) is 95.3 Å². The number of aromatic nitrogens is 4. The van der Waals surface area contributed by atoms with Crippen LogP contribution in [0.2, 0.25) is 0 Å². The second-order valence-electron chi connectivity index (χ2n) is 6.03. The van der Waals surface area contributed by atoms with Gasteiger partial charge in [-0.3, -0.25) is 4.79 Å². The van der Waals surface area contributed by atoms with E-state index in [2.05, 4.69) is 19.9 Å². The third-order valence-electron chi connectivity index (χ3n) is 4.03. The summed E-state index contributed by atoms with van der Waals surface area (Å²) in [5, 5.41) is 10.9. The minimum absolute atomic E-state index is 0.127. The molecule has 0 unspecified atom stereocenters. The van der Waals surface area contributed by atoms with Gasteiger partial charge >= 0.3 is 0 Å². The lowest BCUT2D eigenvalue weighted by Crippen LogP contribution is -2.55. The fourth-order valence-electron chi connectivity index (χ4n) is 2.96. The Labute approximate surface area is 140 Å². The average molecular weight is 328 g/mol. The molecule has 0 aliphatic carbocycles. The van der Waals surface area contributed by atoms with E-state index in [1.54, 1.807) is 31.6 Å². The van der Waals surface area contributed by atoms with Gasteiger partial charge in [-0.05, 0) is 25.0 Å². The molecule has 2 aromatic heterocycles. The normalized spacial score (nSPS) is 20.7. The summed E-state index contributed by atoms with van der Waals surface area (Å²) in [6, 6.07) is 3.41. The predicted molar refractivity (Wildman–Crippen MR) is 87.4 cm³/mol. The fourth-order valence-corrected chi connectivity index (χ4v) is 2.96. The molecular weight excluding hydrogens is 308 g/mol. The molecule has 1 fully saturated rings. The quantitative estimate of drug-likeness (QED) is 0.866. The first-order valence-electron chi connectivity index (χ1n) is 7.84. The van der Waals surface area contributed by atoms with Gasteiger partial charge in [0.1, 0.15) is 0 Å². The van der Waals surface area contributed by atoms with E-state index in [1.807, 2.05) is 4.90 Å². The molecule has 3 rings (SSSR count). The van der Waals surface area contributed by atoms with Gasteiger partial charge in [0.15, 0.2) is 0 Å². The van der Waals surface area contributed by atoms with E-state index in [1.165, 1.54) is 17.3 Å². The number of carbonyl (C=O) groups is 1. The van der Waals surface area contributed by atoms with Crippen molar-refractivity contribution in [2.24, 2.45) is 0 Å². The number of rotatable bonds is 4. The number of β-amino-alcohol motifs (C(OH)–C–C–N with tert-alkyl or cyclic N) is 1. The smallest absolute Gasteiger partial charge is 0.291 e. The molecule has 1 saturated heterocycles. The number of piperidine rings is 1. The van der Waals surface area contributed by atoms with E-state index in [4.69, 9.17) is 0 Å². The number of carbonyl (C=O) groups excluding carboxylic acids is 1. The van der Waals surface area contributed by atoms with Gasteiger partial charge in [-0.15, -0.1) is 0 Å². The van der Waals surface area contributed by atoms with E-state index in [0.29, 0.717) is 18.9 Å². The average Bonchev–Trinajstić information content (AvgIpc) is 2.62. The Morgan fingerprint density at radius 1 is 1.21 bits per heavy atom. The third kappa shape index (κ3) is 3.65. The van der Waals surface area contributed by atoms with Gasteiger partial charge < -0.3 is 14.9 Å². The Kier molecular flexibility index (Phi) is 4.66. The first-order chi connectivity index (χ1) is 11.6. The summed E-state index contributed by atoms with van der Waals surface area (Å²) in [7, 11) is 1.65. The molecule has 1 amide bonds. The number of anilines is 1. The molecule has 0 radical (unpaired) electrons. The highest BCUT2D eigenvalue weighted by Crippen LogP contribution is 2.24. The molecule has 0 spiro atoms. The molecule has 3 heterocycles. The Morgan fingerprint density at radius 3 is 2.50 bits per heavy atom. The fraction of sp³-hybridized carbons (Fsp3) is 0.438. The molecule has 0 bridgehead atoms. The molecular formula is C16H20N6O2. The summed E-state index contributed by atoms with van der Waals surface area (Å²) in [4.78, 5) is 32.2. The Bertz CT molecular complexity index is 683. The number of aliphatic hydroxyl groups is 1. The number of hydrogen-bond acceptors (Lipinski definition) is 7. The summed E-state index contributed by atoms with van der Waals surface area (Å²) in [5.74, 6) is 0.413. The van der Waals surface area contributed by atoms with Crippen LogP contribution in [-0.2, 0) is 0 Å². The maximum absolute atomic E-state index is 12.4. The van der Waals surface area contributed by atoms with E-state index < -0.39 is 5.60 Å². The molecule has 1 aliphatic rings. The van der Waals surface area contributed by atoms with Gasteiger partial charge in [0.2, 0.25) is 11.8 Å². The van der Waals surface area contributed by atoms with E-state index >= 15 is 0 Å². The Hall–Kier alpha value is -2.61. The van der Waals surface area contributed by atoms with Gasteiger partial charge in [0, 0.05) is 38.4 Å². The van der Waals surface area contributed by atoms with Crippen molar-refractivity contribution in [2.45, 2.75) is 18.4 Å². The van der Waals surface area contributed by atoms with Crippen molar-refractivity contribution in [3.63, 3.8) is 0 Å². The van der Waals surface area contributed by atoms with Crippen LogP contribution in [0.15, 0.2) is 36.9 Å². The van der Waals surface area contributed by atoms with Crippen molar-refractivity contribution in [1.29, 1.82) is 0 Å². The zero-order valence-corrected chi connectivity index (χ0v) is 13.5. The molecule has 8 nitrogen and oxygen atoms in total. The van der Waals surface area contributed by atoms with Crippen molar-refractivity contribution in [3.05, 3.63) is 42.7 Å². The first-order valence-corrected chi connectivity index (χ1v) is 7.84. The number of likely N-dealkylation sites (N-methyl/N-ethyl adjacent to an activating group) is 1. The molecule has 1 aliphatic heterocycles. The zero-order valence-electron chi connectivity index (χ0n) is 13.5. The second-order valence-corrected chi connectivity index (χ2v) is 6.03. The monoisotopic (exact) mass is 328 g/mol. The first kappa shape index (κ1) is 16.3. The van der Waals surface area contributed by atoms with Crippen LogP contribution in [-0.4, -0.2) is 68.1 Å². The summed E-state index contributed by atoms with van der Waals surface area (Å²) in [6.45, 7) is 1.36. The van der Waals surface area contributed by atoms with Gasteiger partial charge in [-0.1, -0.05) is 0 Å². The van der Waals surface area contributed by atoms with E-state index in [-0.39, 0.29) is 18.3 Å².